The number of nitrogens with two attached hydrogens (primary N) is 1. The molecule has 19 heavy (non-hydrogen) atoms. The highest BCUT2D eigenvalue weighted by atomic mass is 16.4. The van der Waals surface area contributed by atoms with E-state index in [9.17, 15) is 0 Å². The quantitative estimate of drug-likeness (QED) is 0.318. The second-order valence-corrected chi connectivity index (χ2v) is 4.73. The highest BCUT2D eigenvalue weighted by Gasteiger charge is 2.26. The third-order valence-electron chi connectivity index (χ3n) is 3.57. The van der Waals surface area contributed by atoms with Crippen molar-refractivity contribution in [2.75, 3.05) is 18.1 Å². The van der Waals surface area contributed by atoms with Crippen molar-refractivity contribution in [1.82, 2.24) is 4.98 Å². The Morgan fingerprint density at radius 1 is 1.58 bits per heavy atom. The van der Waals surface area contributed by atoms with Gasteiger partial charge >= 0.3 is 0 Å². The molecule has 0 radical (unpaired) electrons. The van der Waals surface area contributed by atoms with Crippen molar-refractivity contribution in [3.63, 3.8) is 0 Å². The molecule has 2 heterocycles. The van der Waals surface area contributed by atoms with Crippen molar-refractivity contribution in [3.05, 3.63) is 24.0 Å². The molecule has 0 saturated carbocycles. The Morgan fingerprint density at radius 2 is 2.42 bits per heavy atom. The lowest BCUT2D eigenvalue weighted by Crippen LogP contribution is -2.31. The van der Waals surface area contributed by atoms with Gasteiger partial charge in [-0.15, -0.1) is 0 Å². The van der Waals surface area contributed by atoms with Crippen molar-refractivity contribution in [1.29, 1.82) is 0 Å². The Labute approximate surface area is 112 Å². The summed E-state index contributed by atoms with van der Waals surface area (Å²) in [5.74, 6) is 0.102. The van der Waals surface area contributed by atoms with E-state index in [4.69, 9.17) is 16.0 Å². The highest BCUT2D eigenvalue weighted by Crippen LogP contribution is 2.30. The average Bonchev–Trinajstić information content (AvgIpc) is 2.92. The van der Waals surface area contributed by atoms with Gasteiger partial charge < -0.3 is 20.9 Å². The smallest absolute Gasteiger partial charge is 0.172 e. The molecule has 1 aliphatic heterocycles. The van der Waals surface area contributed by atoms with E-state index in [2.05, 4.69) is 15.0 Å². The van der Waals surface area contributed by atoms with Gasteiger partial charge in [0.15, 0.2) is 5.84 Å². The van der Waals surface area contributed by atoms with Crippen LogP contribution in [0, 0.1) is 0 Å². The standard InChI is InChI=1S/C13H20N4O2/c14-13(16-19)11-5-6-15-9-12(11)17-7-1-3-10(17)4-2-8-18/h5-6,9-10,18-19H,1-4,7-8H2,(H2,14,16). The zero-order valence-electron chi connectivity index (χ0n) is 10.9. The molecule has 6 heteroatoms. The molecule has 1 unspecified atom stereocenters. The lowest BCUT2D eigenvalue weighted by atomic mass is 10.1. The Bertz CT molecular complexity index is 450. The first-order valence-electron chi connectivity index (χ1n) is 6.57. The van der Waals surface area contributed by atoms with Gasteiger partial charge in [0.05, 0.1) is 11.9 Å². The molecule has 0 aliphatic carbocycles. The van der Waals surface area contributed by atoms with Crippen LogP contribution >= 0.6 is 0 Å². The molecule has 1 atom stereocenters. The van der Waals surface area contributed by atoms with Crippen molar-refractivity contribution < 1.29 is 10.3 Å². The number of hydrogen-bond acceptors (Lipinski definition) is 5. The second kappa shape index (κ2) is 6.38. The molecule has 0 amide bonds. The van der Waals surface area contributed by atoms with Gasteiger partial charge in [0.1, 0.15) is 0 Å². The fourth-order valence-electron chi connectivity index (χ4n) is 2.67. The molecule has 1 aromatic heterocycles. The summed E-state index contributed by atoms with van der Waals surface area (Å²) in [7, 11) is 0. The Balaban J connectivity index is 2.25. The summed E-state index contributed by atoms with van der Waals surface area (Å²) in [6.45, 7) is 1.15. The minimum absolute atomic E-state index is 0.102. The van der Waals surface area contributed by atoms with E-state index < -0.39 is 0 Å². The van der Waals surface area contributed by atoms with Crippen molar-refractivity contribution in [2.24, 2.45) is 10.9 Å². The molecule has 1 saturated heterocycles. The van der Waals surface area contributed by atoms with E-state index in [1.54, 1.807) is 18.5 Å². The SMILES string of the molecule is N/C(=N/O)c1ccncc1N1CCCC1CCCO. The molecule has 0 bridgehead atoms. The van der Waals surface area contributed by atoms with Crippen LogP contribution in [-0.4, -0.2) is 40.3 Å². The summed E-state index contributed by atoms with van der Waals surface area (Å²) in [4.78, 5) is 6.38. The second-order valence-electron chi connectivity index (χ2n) is 4.73. The van der Waals surface area contributed by atoms with Crippen LogP contribution < -0.4 is 10.6 Å². The van der Waals surface area contributed by atoms with E-state index in [0.717, 1.165) is 37.9 Å². The van der Waals surface area contributed by atoms with Gasteiger partial charge in [-0.2, -0.15) is 0 Å². The maximum Gasteiger partial charge on any atom is 0.172 e. The van der Waals surface area contributed by atoms with Gasteiger partial charge in [0.25, 0.3) is 0 Å². The topological polar surface area (TPSA) is 95.0 Å². The Morgan fingerprint density at radius 3 is 3.16 bits per heavy atom. The predicted molar refractivity (Wildman–Crippen MR) is 73.4 cm³/mol. The molecule has 1 aromatic rings. The van der Waals surface area contributed by atoms with Gasteiger partial charge in [-0.3, -0.25) is 4.98 Å². The van der Waals surface area contributed by atoms with E-state index in [0.29, 0.717) is 11.6 Å². The van der Waals surface area contributed by atoms with Crippen LogP contribution in [0.1, 0.15) is 31.2 Å². The Hall–Kier alpha value is -1.82. The number of aliphatic hydroxyl groups excluding tert-OH is 1. The summed E-state index contributed by atoms with van der Waals surface area (Å²) >= 11 is 0. The van der Waals surface area contributed by atoms with Crippen LogP contribution in [0.5, 0.6) is 0 Å². The van der Waals surface area contributed by atoms with Crippen molar-refractivity contribution in [2.45, 2.75) is 31.7 Å². The molecule has 2 rings (SSSR count). The molecule has 104 valence electrons. The van der Waals surface area contributed by atoms with Crippen LogP contribution in [0.4, 0.5) is 5.69 Å². The van der Waals surface area contributed by atoms with Gasteiger partial charge in [-0.05, 0) is 31.7 Å². The minimum Gasteiger partial charge on any atom is -0.409 e. The monoisotopic (exact) mass is 264 g/mol. The van der Waals surface area contributed by atoms with Gasteiger partial charge in [0.2, 0.25) is 0 Å². The van der Waals surface area contributed by atoms with Crippen LogP contribution in [0.25, 0.3) is 0 Å². The average molecular weight is 264 g/mol. The fraction of sp³-hybridized carbons (Fsp3) is 0.538. The van der Waals surface area contributed by atoms with Crippen LogP contribution in [0.15, 0.2) is 23.6 Å². The van der Waals surface area contributed by atoms with Crippen LogP contribution in [0.2, 0.25) is 0 Å². The summed E-state index contributed by atoms with van der Waals surface area (Å²) in [5.41, 5.74) is 7.32. The first-order valence-corrected chi connectivity index (χ1v) is 6.57. The molecular weight excluding hydrogens is 244 g/mol. The minimum atomic E-state index is 0.102. The lowest BCUT2D eigenvalue weighted by Gasteiger charge is -2.28. The maximum atomic E-state index is 8.96. The maximum absolute atomic E-state index is 8.96. The fourth-order valence-corrected chi connectivity index (χ4v) is 2.67. The number of nitrogens with zero attached hydrogens (tertiary/aromatic N) is 3. The molecule has 1 fully saturated rings. The first-order chi connectivity index (χ1) is 9.27. The third-order valence-corrected chi connectivity index (χ3v) is 3.57. The van der Waals surface area contributed by atoms with Crippen molar-refractivity contribution >= 4 is 11.5 Å². The summed E-state index contributed by atoms with van der Waals surface area (Å²) in [6.07, 6.45) is 7.34. The number of oxime groups is 1. The zero-order chi connectivity index (χ0) is 13.7. The van der Waals surface area contributed by atoms with E-state index >= 15 is 0 Å². The van der Waals surface area contributed by atoms with Crippen LogP contribution in [-0.2, 0) is 0 Å². The molecule has 1 aliphatic rings. The van der Waals surface area contributed by atoms with Gasteiger partial charge in [-0.25, -0.2) is 0 Å². The van der Waals surface area contributed by atoms with Crippen LogP contribution in [0.3, 0.4) is 0 Å². The molecular formula is C13H20N4O2. The number of amidine groups is 1. The summed E-state index contributed by atoms with van der Waals surface area (Å²) in [5, 5.41) is 20.9. The third kappa shape index (κ3) is 2.96. The number of rotatable bonds is 5. The number of hydrogen-bond donors (Lipinski definition) is 3. The number of aliphatic hydroxyl groups is 1. The largest absolute Gasteiger partial charge is 0.409 e. The normalized spacial score (nSPS) is 19.9. The van der Waals surface area contributed by atoms with Gasteiger partial charge in [0, 0.05) is 31.0 Å². The lowest BCUT2D eigenvalue weighted by molar-refractivity contribution is 0.279. The first kappa shape index (κ1) is 13.6. The van der Waals surface area contributed by atoms with Gasteiger partial charge in [-0.1, -0.05) is 5.16 Å². The number of aromatic nitrogens is 1. The molecule has 0 aromatic carbocycles. The molecule has 4 N–H and O–H groups in total. The molecule has 0 spiro atoms. The summed E-state index contributed by atoms with van der Waals surface area (Å²) < 4.78 is 0. The Kier molecular flexibility index (Phi) is 4.57. The zero-order valence-corrected chi connectivity index (χ0v) is 10.9. The highest BCUT2D eigenvalue weighted by molar-refractivity contribution is 6.02. The number of pyridine rings is 1. The van der Waals surface area contributed by atoms with E-state index in [-0.39, 0.29) is 12.4 Å². The molecule has 6 nitrogen and oxygen atoms in total. The summed E-state index contributed by atoms with van der Waals surface area (Å²) in [6, 6.07) is 2.15. The van der Waals surface area contributed by atoms with E-state index in [1.807, 2.05) is 0 Å². The predicted octanol–water partition coefficient (Wildman–Crippen LogP) is 0.917. The van der Waals surface area contributed by atoms with Crippen molar-refractivity contribution in [3.8, 4) is 0 Å². The number of anilines is 1. The van der Waals surface area contributed by atoms with E-state index in [1.165, 1.54) is 0 Å².